The normalized spacial score (nSPS) is 32.5. The fraction of sp³-hybridized carbons (Fsp3) is 0.500. The average molecular weight is 340 g/mol. The van der Waals surface area contributed by atoms with Gasteiger partial charge >= 0.3 is 12.3 Å². The molecule has 1 aromatic rings. The Hall–Kier alpha value is -2.09. The van der Waals surface area contributed by atoms with E-state index in [9.17, 15) is 22.8 Å². The summed E-state index contributed by atoms with van der Waals surface area (Å²) in [6, 6.07) is 4.20. The molecular formula is C16H15F3N2O3. The molecule has 0 aliphatic carbocycles. The summed E-state index contributed by atoms with van der Waals surface area (Å²) in [7, 11) is 0. The second-order valence-corrected chi connectivity index (χ2v) is 6.50. The minimum atomic E-state index is -4.55. The second-order valence-electron chi connectivity index (χ2n) is 6.50. The lowest BCUT2D eigenvalue weighted by molar-refractivity contribution is -0.149. The molecule has 1 spiro atoms. The molecular weight excluding hydrogens is 325 g/mol. The van der Waals surface area contributed by atoms with Gasteiger partial charge in [-0.05, 0) is 44.1 Å². The molecule has 1 aromatic carbocycles. The third kappa shape index (κ3) is 2.12. The zero-order valence-corrected chi connectivity index (χ0v) is 12.7. The molecule has 4 saturated heterocycles. The first-order valence-corrected chi connectivity index (χ1v) is 7.78. The van der Waals surface area contributed by atoms with E-state index in [0.717, 1.165) is 43.0 Å². The highest BCUT2D eigenvalue weighted by Crippen LogP contribution is 2.44. The Labute approximate surface area is 136 Å². The summed E-state index contributed by atoms with van der Waals surface area (Å²) in [5.74, 6) is -0.629. The van der Waals surface area contributed by atoms with Crippen molar-refractivity contribution < 1.29 is 27.5 Å². The number of carbonyl (C=O) groups is 2. The van der Waals surface area contributed by atoms with Gasteiger partial charge in [0.1, 0.15) is 0 Å². The van der Waals surface area contributed by atoms with Crippen LogP contribution >= 0.6 is 0 Å². The van der Waals surface area contributed by atoms with Gasteiger partial charge in [-0.25, -0.2) is 9.69 Å². The molecule has 24 heavy (non-hydrogen) atoms. The molecule has 1 unspecified atom stereocenters. The molecule has 0 aromatic heterocycles. The van der Waals surface area contributed by atoms with Crippen LogP contribution in [0.25, 0.3) is 0 Å². The number of rotatable bonds is 1. The third-order valence-electron chi connectivity index (χ3n) is 5.15. The van der Waals surface area contributed by atoms with Gasteiger partial charge in [-0.1, -0.05) is 6.07 Å². The Morgan fingerprint density at radius 1 is 1.17 bits per heavy atom. The molecule has 4 aliphatic rings. The number of imide groups is 1. The van der Waals surface area contributed by atoms with E-state index in [1.165, 1.54) is 12.1 Å². The second kappa shape index (κ2) is 4.95. The van der Waals surface area contributed by atoms with Crippen molar-refractivity contribution in [2.75, 3.05) is 24.5 Å². The molecule has 0 radical (unpaired) electrons. The molecule has 1 atom stereocenters. The summed E-state index contributed by atoms with van der Waals surface area (Å²) in [5, 5.41) is 0. The lowest BCUT2D eigenvalue weighted by Gasteiger charge is -2.48. The molecule has 0 saturated carbocycles. The first-order valence-electron chi connectivity index (χ1n) is 7.78. The zero-order chi connectivity index (χ0) is 17.1. The van der Waals surface area contributed by atoms with E-state index in [-0.39, 0.29) is 11.6 Å². The first kappa shape index (κ1) is 15.4. The van der Waals surface area contributed by atoms with Crippen molar-refractivity contribution in [3.63, 3.8) is 0 Å². The van der Waals surface area contributed by atoms with Gasteiger partial charge in [-0.15, -0.1) is 0 Å². The summed E-state index contributed by atoms with van der Waals surface area (Å²) < 4.78 is 44.1. The minimum absolute atomic E-state index is 0.0743. The van der Waals surface area contributed by atoms with Crippen molar-refractivity contribution >= 4 is 17.7 Å². The van der Waals surface area contributed by atoms with E-state index in [1.807, 2.05) is 0 Å². The minimum Gasteiger partial charge on any atom is -0.430 e. The quantitative estimate of drug-likeness (QED) is 0.789. The van der Waals surface area contributed by atoms with Gasteiger partial charge in [0.05, 0.1) is 11.3 Å². The Kier molecular flexibility index (Phi) is 3.19. The van der Waals surface area contributed by atoms with Crippen molar-refractivity contribution in [1.82, 2.24) is 4.90 Å². The number of hydrogen-bond acceptors (Lipinski definition) is 4. The summed E-state index contributed by atoms with van der Waals surface area (Å²) >= 11 is 0. The number of carbonyl (C=O) groups excluding carboxylic acids is 2. The molecule has 5 nitrogen and oxygen atoms in total. The van der Waals surface area contributed by atoms with Gasteiger partial charge < -0.3 is 4.74 Å². The van der Waals surface area contributed by atoms with E-state index < -0.39 is 29.3 Å². The van der Waals surface area contributed by atoms with E-state index in [1.54, 1.807) is 0 Å². The fourth-order valence-electron chi connectivity index (χ4n) is 3.94. The number of ether oxygens (including phenoxy) is 1. The number of piperidine rings is 3. The van der Waals surface area contributed by atoms with Crippen LogP contribution in [0.4, 0.5) is 23.7 Å². The first-order chi connectivity index (χ1) is 11.3. The lowest BCUT2D eigenvalue weighted by atomic mass is 9.75. The van der Waals surface area contributed by atoms with Crippen LogP contribution < -0.4 is 4.90 Å². The highest BCUT2D eigenvalue weighted by molar-refractivity contribution is 6.20. The Morgan fingerprint density at radius 2 is 1.88 bits per heavy atom. The van der Waals surface area contributed by atoms with Gasteiger partial charge in [0.25, 0.3) is 5.91 Å². The number of fused-ring (bicyclic) bond motifs is 2. The summed E-state index contributed by atoms with van der Waals surface area (Å²) in [4.78, 5) is 28.0. The molecule has 4 fully saturated rings. The molecule has 0 N–H and O–H groups in total. The van der Waals surface area contributed by atoms with E-state index >= 15 is 0 Å². The Balaban J connectivity index is 1.70. The predicted molar refractivity (Wildman–Crippen MR) is 77.3 cm³/mol. The summed E-state index contributed by atoms with van der Waals surface area (Å²) in [6.45, 7) is 2.01. The molecule has 2 bridgehead atoms. The van der Waals surface area contributed by atoms with Gasteiger partial charge in [0, 0.05) is 12.5 Å². The number of hydrogen-bond donors (Lipinski definition) is 0. The highest BCUT2D eigenvalue weighted by Gasteiger charge is 2.62. The molecule has 5 rings (SSSR count). The maximum absolute atomic E-state index is 12.9. The summed E-state index contributed by atoms with van der Waals surface area (Å²) in [6.07, 6.45) is -3.95. The number of anilines is 1. The molecule has 4 heterocycles. The molecule has 8 heteroatoms. The van der Waals surface area contributed by atoms with Crippen LogP contribution in [0.3, 0.4) is 0 Å². The molecule has 2 amide bonds. The third-order valence-corrected chi connectivity index (χ3v) is 5.15. The van der Waals surface area contributed by atoms with Crippen molar-refractivity contribution in [3.8, 4) is 0 Å². The number of benzene rings is 1. The standard InChI is InChI=1S/C16H15F3N2O3/c17-16(18,19)11-2-1-3-12(8-11)21-13(22)15(24-14(21)23)9-20-6-4-10(15)5-7-20/h1-3,8,10H,4-7,9H2. The maximum atomic E-state index is 12.9. The predicted octanol–water partition coefficient (Wildman–Crippen LogP) is 2.65. The van der Waals surface area contributed by atoms with Crippen LogP contribution in [0, 0.1) is 5.92 Å². The Bertz CT molecular complexity index is 713. The van der Waals surface area contributed by atoms with Crippen LogP contribution in [0.2, 0.25) is 0 Å². The topological polar surface area (TPSA) is 49.9 Å². The van der Waals surface area contributed by atoms with Crippen LogP contribution in [0.15, 0.2) is 24.3 Å². The van der Waals surface area contributed by atoms with Crippen molar-refractivity contribution in [2.45, 2.75) is 24.6 Å². The van der Waals surface area contributed by atoms with Crippen LogP contribution in [-0.2, 0) is 15.7 Å². The van der Waals surface area contributed by atoms with Gasteiger partial charge in [0.2, 0.25) is 5.60 Å². The largest absolute Gasteiger partial charge is 0.430 e. The number of amides is 2. The zero-order valence-electron chi connectivity index (χ0n) is 12.7. The van der Waals surface area contributed by atoms with Crippen molar-refractivity contribution in [3.05, 3.63) is 29.8 Å². The average Bonchev–Trinajstić information content (AvgIpc) is 2.78. The van der Waals surface area contributed by atoms with Gasteiger partial charge in [0.15, 0.2) is 0 Å². The van der Waals surface area contributed by atoms with E-state index in [0.29, 0.717) is 6.54 Å². The smallest absolute Gasteiger partial charge is 0.422 e. The Morgan fingerprint density at radius 3 is 2.46 bits per heavy atom. The van der Waals surface area contributed by atoms with Crippen molar-refractivity contribution in [1.29, 1.82) is 0 Å². The number of halogens is 3. The van der Waals surface area contributed by atoms with Crippen molar-refractivity contribution in [2.24, 2.45) is 5.92 Å². The van der Waals surface area contributed by atoms with Crippen LogP contribution in [0.1, 0.15) is 18.4 Å². The van der Waals surface area contributed by atoms with E-state index in [4.69, 9.17) is 4.74 Å². The summed E-state index contributed by atoms with van der Waals surface area (Å²) in [5.41, 5.74) is -2.26. The molecule has 128 valence electrons. The SMILES string of the molecule is O=C1OC2(CN3CCC2CC3)C(=O)N1c1cccc(C(F)(F)F)c1. The van der Waals surface area contributed by atoms with Gasteiger partial charge in [-0.2, -0.15) is 13.2 Å². The van der Waals surface area contributed by atoms with Crippen LogP contribution in [-0.4, -0.2) is 42.1 Å². The number of alkyl halides is 3. The monoisotopic (exact) mass is 340 g/mol. The van der Waals surface area contributed by atoms with Gasteiger partial charge in [-0.3, -0.25) is 9.69 Å². The fourth-order valence-corrected chi connectivity index (χ4v) is 3.94. The maximum Gasteiger partial charge on any atom is 0.422 e. The van der Waals surface area contributed by atoms with E-state index in [2.05, 4.69) is 4.90 Å². The number of nitrogens with zero attached hydrogens (tertiary/aromatic N) is 2. The van der Waals surface area contributed by atoms with Crippen LogP contribution in [0.5, 0.6) is 0 Å². The highest BCUT2D eigenvalue weighted by atomic mass is 19.4. The lowest BCUT2D eigenvalue weighted by Crippen LogP contribution is -2.63. The molecule has 4 aliphatic heterocycles.